The van der Waals surface area contributed by atoms with Gasteiger partial charge in [0.05, 0.1) is 13.2 Å². The second-order valence-electron chi connectivity index (χ2n) is 28.4. The van der Waals surface area contributed by atoms with Crippen LogP contribution in [0.1, 0.15) is 323 Å². The molecule has 3 aliphatic rings. The first kappa shape index (κ1) is 91.2. The van der Waals surface area contributed by atoms with Crippen molar-refractivity contribution in [2.75, 3.05) is 26.4 Å². The number of aliphatic hydroxyl groups excluding tert-OH is 10. The predicted molar refractivity (Wildman–Crippen MR) is 375 cm³/mol. The third kappa shape index (κ3) is 39.2. The van der Waals surface area contributed by atoms with Crippen LogP contribution >= 0.6 is 7.82 Å². The van der Waals surface area contributed by atoms with Gasteiger partial charge in [0.25, 0.3) is 0 Å². The molecule has 0 radical (unpaired) electrons. The zero-order valence-electron chi connectivity index (χ0n) is 61.1. The van der Waals surface area contributed by atoms with Crippen LogP contribution in [0, 0.1) is 0 Å². The molecule has 0 spiro atoms. The number of hydrogen-bond acceptors (Lipinski definition) is 23. The molecule has 1 saturated carbocycles. The molecule has 25 heteroatoms. The normalized spacial score (nSPS) is 27.4. The van der Waals surface area contributed by atoms with Crippen LogP contribution in [0.3, 0.4) is 0 Å². The Morgan fingerprint density at radius 1 is 0.354 bits per heavy atom. The molecule has 0 aromatic heterocycles. The number of carbonyl (C=O) groups excluding carboxylic acids is 3. The zero-order chi connectivity index (χ0) is 72.5. The lowest BCUT2D eigenvalue weighted by atomic mass is 9.84. The van der Waals surface area contributed by atoms with Crippen molar-refractivity contribution in [1.29, 1.82) is 0 Å². The van der Waals surface area contributed by atoms with E-state index in [2.05, 4.69) is 20.8 Å². The van der Waals surface area contributed by atoms with E-state index in [-0.39, 0.29) is 19.3 Å². The van der Waals surface area contributed by atoms with Gasteiger partial charge in [0.1, 0.15) is 98.7 Å². The molecule has 18 atom stereocenters. The molecule has 0 bridgehead atoms. The van der Waals surface area contributed by atoms with Crippen molar-refractivity contribution in [2.45, 2.75) is 427 Å². The molecule has 0 amide bonds. The molecular formula is C74H139O24P. The molecule has 11 N–H and O–H groups in total. The minimum Gasteiger partial charge on any atom is -0.463 e. The summed E-state index contributed by atoms with van der Waals surface area (Å²) in [7, 11) is -5.69. The van der Waals surface area contributed by atoms with Crippen LogP contribution < -0.4 is 0 Å². The average molecular weight is 1440 g/mol. The molecule has 2 heterocycles. The van der Waals surface area contributed by atoms with E-state index in [4.69, 9.17) is 42.2 Å². The standard InChI is InChI=1S/C74H139O24P/c1-4-7-10-13-16-19-22-25-27-29-32-35-38-41-44-47-50-60(78)93-55(52-90-58(76)48-45-42-39-36-33-30-24-21-18-15-12-9-6-3)53-92-99(88,89)98-72-70(96-73-68(86)63(81)61(79)56(51-75)94-73)66(84)65(83)67(85)71(72)97-74-69(87)64(82)62(80)57(95-74)54-91-59(77)49-46-43-40-37-34-31-28-26-23-20-17-14-11-8-5-2/h55-57,61-75,79-87H,4-54H2,1-3H3,(H,88,89). The van der Waals surface area contributed by atoms with E-state index in [1.165, 1.54) is 173 Å². The number of phosphoric acid groups is 1. The lowest BCUT2D eigenvalue weighted by Gasteiger charge is -2.49. The highest BCUT2D eigenvalue weighted by atomic mass is 31.2. The summed E-state index contributed by atoms with van der Waals surface area (Å²) in [4.78, 5) is 51.1. The highest BCUT2D eigenvalue weighted by molar-refractivity contribution is 7.47. The van der Waals surface area contributed by atoms with Crippen LogP contribution in [0.2, 0.25) is 0 Å². The fourth-order valence-corrected chi connectivity index (χ4v) is 14.2. The van der Waals surface area contributed by atoms with Gasteiger partial charge in [-0.3, -0.25) is 23.4 Å². The second-order valence-corrected chi connectivity index (χ2v) is 29.8. The second kappa shape index (κ2) is 56.3. The van der Waals surface area contributed by atoms with E-state index in [0.29, 0.717) is 19.3 Å². The monoisotopic (exact) mass is 1440 g/mol. The van der Waals surface area contributed by atoms with E-state index >= 15 is 0 Å². The summed E-state index contributed by atoms with van der Waals surface area (Å²) in [5.41, 5.74) is 0. The molecule has 2 saturated heterocycles. The Labute approximate surface area is 593 Å². The third-order valence-electron chi connectivity index (χ3n) is 19.6. The van der Waals surface area contributed by atoms with Crippen LogP contribution in [0.25, 0.3) is 0 Å². The van der Waals surface area contributed by atoms with Crippen molar-refractivity contribution in [3.05, 3.63) is 0 Å². The Balaban J connectivity index is 1.71. The van der Waals surface area contributed by atoms with Crippen molar-refractivity contribution in [3.8, 4) is 0 Å². The quantitative estimate of drug-likeness (QED) is 0.0117. The molecule has 1 aliphatic carbocycles. The van der Waals surface area contributed by atoms with Gasteiger partial charge in [0.2, 0.25) is 0 Å². The van der Waals surface area contributed by atoms with Crippen molar-refractivity contribution < 1.29 is 117 Å². The van der Waals surface area contributed by atoms with Gasteiger partial charge >= 0.3 is 25.7 Å². The highest BCUT2D eigenvalue weighted by Gasteiger charge is 2.58. The first-order valence-corrected chi connectivity index (χ1v) is 40.8. The van der Waals surface area contributed by atoms with Gasteiger partial charge in [-0.05, 0) is 19.3 Å². The van der Waals surface area contributed by atoms with Crippen molar-refractivity contribution in [1.82, 2.24) is 0 Å². The van der Waals surface area contributed by atoms with E-state index in [1.54, 1.807) is 0 Å². The van der Waals surface area contributed by atoms with E-state index in [0.717, 1.165) is 89.9 Å². The molecule has 24 nitrogen and oxygen atoms in total. The molecule has 0 aromatic rings. The Kier molecular flexibility index (Phi) is 51.9. The van der Waals surface area contributed by atoms with Crippen molar-refractivity contribution >= 4 is 25.7 Å². The summed E-state index contributed by atoms with van der Waals surface area (Å²) >= 11 is 0. The minimum atomic E-state index is -5.69. The smallest absolute Gasteiger partial charge is 0.463 e. The van der Waals surface area contributed by atoms with Crippen LogP contribution in [0.4, 0.5) is 0 Å². The Bertz CT molecular complexity index is 2050. The van der Waals surface area contributed by atoms with Crippen LogP contribution in [-0.4, -0.2) is 204 Å². The summed E-state index contributed by atoms with van der Waals surface area (Å²) in [5, 5.41) is 110. The van der Waals surface area contributed by atoms with Crippen LogP contribution in [0.15, 0.2) is 0 Å². The fourth-order valence-electron chi connectivity index (χ4n) is 13.2. The molecule has 3 rings (SSSR count). The number of rotatable bonds is 62. The molecular weight excluding hydrogens is 1300 g/mol. The maximum atomic E-state index is 14.3. The molecule has 0 aromatic carbocycles. The highest BCUT2D eigenvalue weighted by Crippen LogP contribution is 2.49. The van der Waals surface area contributed by atoms with Gasteiger partial charge in [-0.25, -0.2) is 4.57 Å². The number of ether oxygens (including phenoxy) is 7. The molecule has 2 aliphatic heterocycles. The molecule has 584 valence electrons. The maximum absolute atomic E-state index is 14.3. The summed E-state index contributed by atoms with van der Waals surface area (Å²) < 4.78 is 65.1. The van der Waals surface area contributed by atoms with Crippen molar-refractivity contribution in [3.63, 3.8) is 0 Å². The lowest BCUT2D eigenvalue weighted by Crippen LogP contribution is -2.69. The topological polar surface area (TPSA) is 374 Å². The molecule has 99 heavy (non-hydrogen) atoms. The van der Waals surface area contributed by atoms with Gasteiger partial charge < -0.3 is 89.1 Å². The number of hydrogen-bond donors (Lipinski definition) is 11. The molecule has 18 unspecified atom stereocenters. The zero-order valence-corrected chi connectivity index (χ0v) is 61.9. The first-order chi connectivity index (χ1) is 47.8. The first-order valence-electron chi connectivity index (χ1n) is 39.3. The summed E-state index contributed by atoms with van der Waals surface area (Å²) in [6, 6.07) is 0. The third-order valence-corrected chi connectivity index (χ3v) is 20.6. The van der Waals surface area contributed by atoms with Crippen LogP contribution in [0.5, 0.6) is 0 Å². The van der Waals surface area contributed by atoms with Gasteiger partial charge in [-0.15, -0.1) is 0 Å². The maximum Gasteiger partial charge on any atom is 0.472 e. The Morgan fingerprint density at radius 3 is 0.990 bits per heavy atom. The van der Waals surface area contributed by atoms with Gasteiger partial charge in [-0.1, -0.05) is 284 Å². The van der Waals surface area contributed by atoms with E-state index in [9.17, 15) is 74.9 Å². The number of phosphoric ester groups is 1. The average Bonchev–Trinajstić information content (AvgIpc) is 0.763. The number of esters is 3. The summed E-state index contributed by atoms with van der Waals surface area (Å²) in [6.07, 6.45) is 14.4. The van der Waals surface area contributed by atoms with Gasteiger partial charge in [-0.2, -0.15) is 0 Å². The lowest BCUT2D eigenvalue weighted by molar-refractivity contribution is -0.360. The summed E-state index contributed by atoms with van der Waals surface area (Å²) in [5.74, 6) is -1.97. The largest absolute Gasteiger partial charge is 0.472 e. The minimum absolute atomic E-state index is 0.0328. The fraction of sp³-hybridized carbons (Fsp3) is 0.959. The Hall–Kier alpha value is -2.04. The van der Waals surface area contributed by atoms with Gasteiger partial charge in [0.15, 0.2) is 18.7 Å². The summed E-state index contributed by atoms with van der Waals surface area (Å²) in [6.45, 7) is 3.49. The Morgan fingerprint density at radius 2 is 0.646 bits per heavy atom. The number of unbranched alkanes of at least 4 members (excludes halogenated alkanes) is 41. The van der Waals surface area contributed by atoms with E-state index < -0.39 is 156 Å². The molecule has 3 fully saturated rings. The predicted octanol–water partition coefficient (Wildman–Crippen LogP) is 11.4. The number of aliphatic hydroxyl groups is 10. The van der Waals surface area contributed by atoms with E-state index in [1.807, 2.05) is 0 Å². The number of carbonyl (C=O) groups is 3. The van der Waals surface area contributed by atoms with Crippen LogP contribution in [-0.2, 0) is 61.2 Å². The van der Waals surface area contributed by atoms with Crippen molar-refractivity contribution in [2.24, 2.45) is 0 Å². The van der Waals surface area contributed by atoms with Gasteiger partial charge in [0, 0.05) is 19.3 Å². The SMILES string of the molecule is CCCCCCCCCCCCCCCCCCC(=O)OC(COC(=O)CCCCCCCCCCCCCCC)COP(=O)(O)OC1C(OC2OC(CO)C(O)C(O)C2O)C(O)C(O)C(O)C1OC1OC(COC(=O)CCCCCCCCCCCCCCCCC)C(O)C(O)C1O.